The molecule has 7 nitrogen and oxygen atoms in total. The predicted molar refractivity (Wildman–Crippen MR) is 109 cm³/mol. The molecule has 0 saturated carbocycles. The molecule has 0 radical (unpaired) electrons. The third kappa shape index (κ3) is 5.11. The molecule has 1 atom stereocenters. The Morgan fingerprint density at radius 3 is 2.36 bits per heavy atom. The van der Waals surface area contributed by atoms with Crippen LogP contribution >= 0.6 is 0 Å². The van der Waals surface area contributed by atoms with Crippen LogP contribution in [0.3, 0.4) is 0 Å². The first-order valence-electron chi connectivity index (χ1n) is 10.0. The first kappa shape index (κ1) is 20.8. The molecule has 3 rings (SSSR count). The maximum atomic E-state index is 13.0. The number of sulfonamides is 1. The SMILES string of the molecule is CS(=O)(=O)N1CCC[C@H](C(=O)Nc2ccccc2C(=O)N2CCCCCC2)C1. The molecular formula is C20H29N3O4S. The van der Waals surface area contributed by atoms with E-state index in [4.69, 9.17) is 0 Å². The van der Waals surface area contributed by atoms with Gasteiger partial charge in [-0.15, -0.1) is 0 Å². The number of para-hydroxylation sites is 1. The van der Waals surface area contributed by atoms with E-state index in [-0.39, 0.29) is 18.4 Å². The van der Waals surface area contributed by atoms with Crippen molar-refractivity contribution in [3.8, 4) is 0 Å². The number of nitrogens with one attached hydrogen (secondary N) is 1. The molecule has 2 aliphatic heterocycles. The van der Waals surface area contributed by atoms with Crippen LogP contribution in [-0.2, 0) is 14.8 Å². The molecule has 0 unspecified atom stereocenters. The quantitative estimate of drug-likeness (QED) is 0.830. The second-order valence-corrected chi connectivity index (χ2v) is 9.68. The van der Waals surface area contributed by atoms with Gasteiger partial charge in [0.25, 0.3) is 5.91 Å². The number of piperidine rings is 1. The normalized spacial score (nSPS) is 21.8. The third-order valence-electron chi connectivity index (χ3n) is 5.53. The van der Waals surface area contributed by atoms with Crippen LogP contribution in [0.25, 0.3) is 0 Å². The maximum absolute atomic E-state index is 13.0. The summed E-state index contributed by atoms with van der Waals surface area (Å²) in [5.41, 5.74) is 0.992. The van der Waals surface area contributed by atoms with Gasteiger partial charge in [-0.3, -0.25) is 9.59 Å². The molecule has 0 spiro atoms. The molecule has 154 valence electrons. The van der Waals surface area contributed by atoms with Crippen LogP contribution in [0.15, 0.2) is 24.3 Å². The number of nitrogens with zero attached hydrogens (tertiary/aromatic N) is 2. The summed E-state index contributed by atoms with van der Waals surface area (Å²) in [7, 11) is -3.31. The van der Waals surface area contributed by atoms with Crippen LogP contribution in [0.4, 0.5) is 5.69 Å². The summed E-state index contributed by atoms with van der Waals surface area (Å²) in [5, 5.41) is 2.88. The average Bonchev–Trinajstić information content (AvgIpc) is 2.97. The van der Waals surface area contributed by atoms with E-state index in [1.54, 1.807) is 24.3 Å². The average molecular weight is 408 g/mol. The summed E-state index contributed by atoms with van der Waals surface area (Å²) in [5.74, 6) is -0.700. The van der Waals surface area contributed by atoms with E-state index in [0.29, 0.717) is 30.6 Å². The molecule has 2 aliphatic rings. The van der Waals surface area contributed by atoms with Crippen LogP contribution in [0.5, 0.6) is 0 Å². The fraction of sp³-hybridized carbons (Fsp3) is 0.600. The zero-order valence-corrected chi connectivity index (χ0v) is 17.2. The molecule has 2 amide bonds. The second kappa shape index (κ2) is 9.05. The lowest BCUT2D eigenvalue weighted by Gasteiger charge is -2.30. The number of hydrogen-bond donors (Lipinski definition) is 1. The number of hydrogen-bond acceptors (Lipinski definition) is 4. The van der Waals surface area contributed by atoms with Gasteiger partial charge in [0, 0.05) is 26.2 Å². The molecule has 0 aliphatic carbocycles. The second-order valence-electron chi connectivity index (χ2n) is 7.70. The van der Waals surface area contributed by atoms with Crippen LogP contribution in [0.2, 0.25) is 0 Å². The lowest BCUT2D eigenvalue weighted by Crippen LogP contribution is -2.43. The van der Waals surface area contributed by atoms with Gasteiger partial charge in [0.05, 0.1) is 23.4 Å². The molecule has 2 heterocycles. The van der Waals surface area contributed by atoms with Crippen molar-refractivity contribution >= 4 is 27.5 Å². The van der Waals surface area contributed by atoms with Gasteiger partial charge in [0.15, 0.2) is 0 Å². The standard InChI is InChI=1S/C20H29N3O4S/c1-28(26,27)23-14-8-9-16(15-23)19(24)21-18-11-5-4-10-17(18)20(25)22-12-6-2-3-7-13-22/h4-5,10-11,16H,2-3,6-9,12-15H2,1H3,(H,21,24)/t16-/m0/s1. The zero-order chi connectivity index (χ0) is 20.1. The van der Waals surface area contributed by atoms with Crippen LogP contribution < -0.4 is 5.32 Å². The first-order chi connectivity index (χ1) is 13.4. The summed E-state index contributed by atoms with van der Waals surface area (Å²) < 4.78 is 25.0. The Hall–Kier alpha value is -1.93. The highest BCUT2D eigenvalue weighted by Gasteiger charge is 2.31. The molecule has 2 fully saturated rings. The summed E-state index contributed by atoms with van der Waals surface area (Å²) >= 11 is 0. The Balaban J connectivity index is 1.72. The van der Waals surface area contributed by atoms with E-state index in [1.165, 1.54) is 10.6 Å². The van der Waals surface area contributed by atoms with Crippen LogP contribution in [0, 0.1) is 5.92 Å². The number of likely N-dealkylation sites (tertiary alicyclic amines) is 1. The minimum absolute atomic E-state index is 0.0563. The van der Waals surface area contributed by atoms with Gasteiger partial charge in [-0.25, -0.2) is 12.7 Å². The number of carbonyl (C=O) groups is 2. The molecule has 1 aromatic rings. The first-order valence-corrected chi connectivity index (χ1v) is 11.9. The number of carbonyl (C=O) groups excluding carboxylic acids is 2. The van der Waals surface area contributed by atoms with Crippen molar-refractivity contribution < 1.29 is 18.0 Å². The minimum atomic E-state index is -3.31. The summed E-state index contributed by atoms with van der Waals surface area (Å²) in [6.45, 7) is 2.12. The van der Waals surface area contributed by atoms with E-state index >= 15 is 0 Å². The van der Waals surface area contributed by atoms with E-state index in [1.807, 2.05) is 4.90 Å². The number of anilines is 1. The zero-order valence-electron chi connectivity index (χ0n) is 16.4. The van der Waals surface area contributed by atoms with Gasteiger partial charge >= 0.3 is 0 Å². The highest BCUT2D eigenvalue weighted by Crippen LogP contribution is 2.23. The third-order valence-corrected chi connectivity index (χ3v) is 6.80. The van der Waals surface area contributed by atoms with Gasteiger partial charge in [-0.1, -0.05) is 25.0 Å². The van der Waals surface area contributed by atoms with Crippen molar-refractivity contribution in [3.05, 3.63) is 29.8 Å². The molecule has 8 heteroatoms. The van der Waals surface area contributed by atoms with Gasteiger partial charge < -0.3 is 10.2 Å². The summed E-state index contributed by atoms with van der Waals surface area (Å²) in [4.78, 5) is 27.7. The van der Waals surface area contributed by atoms with Crippen molar-refractivity contribution in [2.75, 3.05) is 37.8 Å². The van der Waals surface area contributed by atoms with Crippen molar-refractivity contribution in [3.63, 3.8) is 0 Å². The Labute approximate surface area is 167 Å². The monoisotopic (exact) mass is 407 g/mol. The topological polar surface area (TPSA) is 86.8 Å². The highest BCUT2D eigenvalue weighted by molar-refractivity contribution is 7.88. The van der Waals surface area contributed by atoms with Crippen molar-refractivity contribution in [2.45, 2.75) is 38.5 Å². The number of benzene rings is 1. The molecule has 2 saturated heterocycles. The highest BCUT2D eigenvalue weighted by atomic mass is 32.2. The van der Waals surface area contributed by atoms with Crippen molar-refractivity contribution in [1.82, 2.24) is 9.21 Å². The van der Waals surface area contributed by atoms with Crippen molar-refractivity contribution in [1.29, 1.82) is 0 Å². The summed E-state index contributed by atoms with van der Waals surface area (Å²) in [6, 6.07) is 7.07. The largest absolute Gasteiger partial charge is 0.339 e. The molecule has 0 bridgehead atoms. The van der Waals surface area contributed by atoms with E-state index < -0.39 is 15.9 Å². The maximum Gasteiger partial charge on any atom is 0.255 e. The Kier molecular flexibility index (Phi) is 6.72. The molecular weight excluding hydrogens is 378 g/mol. The van der Waals surface area contributed by atoms with E-state index in [2.05, 4.69) is 5.32 Å². The fourth-order valence-electron chi connectivity index (χ4n) is 3.92. The molecule has 28 heavy (non-hydrogen) atoms. The van der Waals surface area contributed by atoms with Gasteiger partial charge in [0.2, 0.25) is 15.9 Å². The van der Waals surface area contributed by atoms with Crippen molar-refractivity contribution in [2.24, 2.45) is 5.92 Å². The smallest absolute Gasteiger partial charge is 0.255 e. The lowest BCUT2D eigenvalue weighted by molar-refractivity contribution is -0.120. The number of rotatable bonds is 4. The van der Waals surface area contributed by atoms with Gasteiger partial charge in [0.1, 0.15) is 0 Å². The van der Waals surface area contributed by atoms with Gasteiger partial charge in [-0.2, -0.15) is 0 Å². The lowest BCUT2D eigenvalue weighted by atomic mass is 9.98. The van der Waals surface area contributed by atoms with Crippen LogP contribution in [0.1, 0.15) is 48.9 Å². The fourth-order valence-corrected chi connectivity index (χ4v) is 4.83. The van der Waals surface area contributed by atoms with E-state index in [0.717, 1.165) is 38.8 Å². The molecule has 1 N–H and O–H groups in total. The van der Waals surface area contributed by atoms with Crippen LogP contribution in [-0.4, -0.2) is 61.9 Å². The Morgan fingerprint density at radius 2 is 1.68 bits per heavy atom. The summed E-state index contributed by atoms with van der Waals surface area (Å²) in [6.07, 6.45) is 6.75. The number of amides is 2. The minimum Gasteiger partial charge on any atom is -0.339 e. The van der Waals surface area contributed by atoms with E-state index in [9.17, 15) is 18.0 Å². The molecule has 0 aromatic heterocycles. The Bertz CT molecular complexity index is 816. The Morgan fingerprint density at radius 1 is 1.00 bits per heavy atom. The molecule has 1 aromatic carbocycles. The predicted octanol–water partition coefficient (Wildman–Crippen LogP) is 2.31. The van der Waals surface area contributed by atoms with Gasteiger partial charge in [-0.05, 0) is 37.8 Å².